The molecule has 3 heterocycles. The Morgan fingerprint density at radius 3 is 2.52 bits per heavy atom. The molecule has 4 atom stereocenters. The Morgan fingerprint density at radius 2 is 1.81 bits per heavy atom. The summed E-state index contributed by atoms with van der Waals surface area (Å²) in [5, 5.41) is 10.2. The van der Waals surface area contributed by atoms with Gasteiger partial charge in [0.05, 0.1) is 37.9 Å². The lowest BCUT2D eigenvalue weighted by Gasteiger charge is -2.45. The van der Waals surface area contributed by atoms with Crippen LogP contribution in [0, 0.1) is 5.92 Å². The average Bonchev–Trinajstić information content (AvgIpc) is 2.65. The van der Waals surface area contributed by atoms with Gasteiger partial charge < -0.3 is 29.1 Å². The van der Waals surface area contributed by atoms with E-state index in [1.165, 1.54) is 0 Å². The topological polar surface area (TPSA) is 88.5 Å². The minimum Gasteiger partial charge on any atom is -0.389 e. The standard InChI is InChI=1S/C19H32N2O6/c1-20(2)18(23)9-15-3-4-16-17(27-15)12-26-11-14(22)10-21(16)19(24)13-5-7-25-8-6-13/h13-17,22H,3-12H2,1-2H3/t14-,15-,16+,17-/m0/s1. The van der Waals surface area contributed by atoms with Crippen LogP contribution < -0.4 is 0 Å². The number of carbonyl (C=O) groups is 2. The number of fused-ring (bicyclic) bond motifs is 1. The Labute approximate surface area is 160 Å². The van der Waals surface area contributed by atoms with Crippen molar-refractivity contribution in [3.05, 3.63) is 0 Å². The van der Waals surface area contributed by atoms with Crippen LogP contribution in [0.15, 0.2) is 0 Å². The molecule has 0 bridgehead atoms. The molecule has 3 rings (SSSR count). The number of rotatable bonds is 3. The number of ether oxygens (including phenoxy) is 3. The van der Waals surface area contributed by atoms with Gasteiger partial charge >= 0.3 is 0 Å². The van der Waals surface area contributed by atoms with Crippen molar-refractivity contribution in [2.45, 2.75) is 56.5 Å². The number of aliphatic hydroxyl groups is 1. The van der Waals surface area contributed by atoms with Gasteiger partial charge in [-0.25, -0.2) is 0 Å². The first-order valence-corrected chi connectivity index (χ1v) is 9.95. The molecule has 0 radical (unpaired) electrons. The highest BCUT2D eigenvalue weighted by Gasteiger charge is 2.41. The lowest BCUT2D eigenvalue weighted by Crippen LogP contribution is -2.58. The summed E-state index contributed by atoms with van der Waals surface area (Å²) in [5.74, 6) is 0.0661. The summed E-state index contributed by atoms with van der Waals surface area (Å²) in [6.45, 7) is 1.99. The van der Waals surface area contributed by atoms with Crippen molar-refractivity contribution in [2.75, 3.05) is 47.1 Å². The van der Waals surface area contributed by atoms with Gasteiger partial charge in [-0.15, -0.1) is 0 Å². The van der Waals surface area contributed by atoms with Crippen LogP contribution in [-0.2, 0) is 23.8 Å². The van der Waals surface area contributed by atoms with Gasteiger partial charge in [0, 0.05) is 39.8 Å². The second-order valence-electron chi connectivity index (χ2n) is 8.00. The van der Waals surface area contributed by atoms with E-state index in [1.807, 2.05) is 4.90 Å². The average molecular weight is 384 g/mol. The van der Waals surface area contributed by atoms with Gasteiger partial charge in [-0.05, 0) is 25.7 Å². The maximum absolute atomic E-state index is 13.2. The van der Waals surface area contributed by atoms with Crippen LogP contribution in [-0.4, -0.2) is 98.1 Å². The van der Waals surface area contributed by atoms with Crippen LogP contribution in [0.4, 0.5) is 0 Å². The fourth-order valence-corrected chi connectivity index (χ4v) is 4.15. The smallest absolute Gasteiger partial charge is 0.226 e. The molecule has 8 nitrogen and oxygen atoms in total. The summed E-state index contributed by atoms with van der Waals surface area (Å²) in [6.07, 6.45) is 2.13. The van der Waals surface area contributed by atoms with E-state index in [0.717, 1.165) is 19.3 Å². The van der Waals surface area contributed by atoms with Crippen molar-refractivity contribution in [3.8, 4) is 0 Å². The van der Waals surface area contributed by atoms with Crippen LogP contribution in [0.5, 0.6) is 0 Å². The van der Waals surface area contributed by atoms with E-state index in [4.69, 9.17) is 14.2 Å². The largest absolute Gasteiger partial charge is 0.389 e. The zero-order chi connectivity index (χ0) is 19.4. The minimum absolute atomic E-state index is 0.0378. The zero-order valence-corrected chi connectivity index (χ0v) is 16.3. The second-order valence-corrected chi connectivity index (χ2v) is 8.00. The van der Waals surface area contributed by atoms with E-state index < -0.39 is 6.10 Å². The fourth-order valence-electron chi connectivity index (χ4n) is 4.15. The number of β-amino-alcohol motifs (C(OH)–C–C–N with tert-alkyl or cyclic N) is 1. The van der Waals surface area contributed by atoms with Crippen molar-refractivity contribution in [3.63, 3.8) is 0 Å². The molecule has 2 amide bonds. The minimum atomic E-state index is -0.692. The summed E-state index contributed by atoms with van der Waals surface area (Å²) in [4.78, 5) is 28.6. The van der Waals surface area contributed by atoms with Crippen molar-refractivity contribution >= 4 is 11.8 Å². The molecule has 154 valence electrons. The van der Waals surface area contributed by atoms with E-state index in [1.54, 1.807) is 19.0 Å². The molecular formula is C19H32N2O6. The first kappa shape index (κ1) is 20.5. The van der Waals surface area contributed by atoms with Crippen molar-refractivity contribution in [1.29, 1.82) is 0 Å². The Hall–Kier alpha value is -1.22. The van der Waals surface area contributed by atoms with Gasteiger partial charge in [-0.2, -0.15) is 0 Å². The molecule has 3 fully saturated rings. The maximum atomic E-state index is 13.2. The Kier molecular flexibility index (Phi) is 7.08. The van der Waals surface area contributed by atoms with Crippen LogP contribution in [0.2, 0.25) is 0 Å². The molecule has 3 aliphatic rings. The quantitative estimate of drug-likeness (QED) is 0.738. The number of hydrogen-bond acceptors (Lipinski definition) is 6. The van der Waals surface area contributed by atoms with Crippen LogP contribution >= 0.6 is 0 Å². The first-order chi connectivity index (χ1) is 13.0. The molecule has 0 aromatic heterocycles. The summed E-state index contributed by atoms with van der Waals surface area (Å²) in [6, 6.07) is -0.124. The summed E-state index contributed by atoms with van der Waals surface area (Å²) in [7, 11) is 3.48. The van der Waals surface area contributed by atoms with E-state index in [2.05, 4.69) is 0 Å². The molecule has 0 spiro atoms. The number of carbonyl (C=O) groups excluding carboxylic acids is 2. The number of aliphatic hydroxyl groups excluding tert-OH is 1. The first-order valence-electron chi connectivity index (χ1n) is 9.95. The van der Waals surface area contributed by atoms with Crippen LogP contribution in [0.3, 0.4) is 0 Å². The molecule has 1 N–H and O–H groups in total. The van der Waals surface area contributed by atoms with Gasteiger partial charge in [-0.1, -0.05) is 0 Å². The van der Waals surface area contributed by atoms with Crippen LogP contribution in [0.1, 0.15) is 32.1 Å². The third-order valence-corrected chi connectivity index (χ3v) is 5.74. The molecule has 0 aliphatic carbocycles. The number of nitrogens with zero attached hydrogens (tertiary/aromatic N) is 2. The lowest BCUT2D eigenvalue weighted by molar-refractivity contribution is -0.174. The van der Waals surface area contributed by atoms with Gasteiger partial charge in [0.15, 0.2) is 0 Å². The van der Waals surface area contributed by atoms with E-state index in [-0.39, 0.29) is 49.1 Å². The summed E-state index contributed by atoms with van der Waals surface area (Å²) < 4.78 is 17.2. The second kappa shape index (κ2) is 9.32. The molecule has 0 unspecified atom stereocenters. The van der Waals surface area contributed by atoms with Crippen molar-refractivity contribution < 1.29 is 28.9 Å². The number of hydrogen-bond donors (Lipinski definition) is 1. The molecule has 0 saturated carbocycles. The van der Waals surface area contributed by atoms with E-state index in [0.29, 0.717) is 32.7 Å². The fraction of sp³-hybridized carbons (Fsp3) is 0.895. The third-order valence-electron chi connectivity index (χ3n) is 5.74. The molecule has 27 heavy (non-hydrogen) atoms. The third kappa shape index (κ3) is 5.19. The van der Waals surface area contributed by atoms with Gasteiger partial charge in [0.1, 0.15) is 6.10 Å². The SMILES string of the molecule is CN(C)C(=O)C[C@@H]1CC[C@@H]2[C@H](COC[C@@H](O)CN2C(=O)C2CCOCC2)O1. The van der Waals surface area contributed by atoms with Gasteiger partial charge in [-0.3, -0.25) is 9.59 Å². The highest BCUT2D eigenvalue weighted by Crippen LogP contribution is 2.30. The predicted molar refractivity (Wildman–Crippen MR) is 97.1 cm³/mol. The monoisotopic (exact) mass is 384 g/mol. The van der Waals surface area contributed by atoms with Crippen molar-refractivity contribution in [1.82, 2.24) is 9.80 Å². The Balaban J connectivity index is 1.69. The lowest BCUT2D eigenvalue weighted by atomic mass is 9.91. The maximum Gasteiger partial charge on any atom is 0.226 e. The van der Waals surface area contributed by atoms with Gasteiger partial charge in [0.25, 0.3) is 0 Å². The number of amides is 2. The van der Waals surface area contributed by atoms with Gasteiger partial charge in [0.2, 0.25) is 11.8 Å². The molecule has 8 heteroatoms. The van der Waals surface area contributed by atoms with E-state index in [9.17, 15) is 14.7 Å². The molecule has 3 aliphatic heterocycles. The van der Waals surface area contributed by atoms with Crippen LogP contribution in [0.25, 0.3) is 0 Å². The molecular weight excluding hydrogens is 352 g/mol. The summed E-state index contributed by atoms with van der Waals surface area (Å²) >= 11 is 0. The predicted octanol–water partition coefficient (Wildman–Crippen LogP) is 0.0272. The zero-order valence-electron chi connectivity index (χ0n) is 16.3. The van der Waals surface area contributed by atoms with Crippen molar-refractivity contribution in [2.24, 2.45) is 5.92 Å². The summed E-state index contributed by atoms with van der Waals surface area (Å²) in [5.41, 5.74) is 0. The molecule has 0 aromatic carbocycles. The molecule has 3 saturated heterocycles. The molecule has 0 aromatic rings. The highest BCUT2D eigenvalue weighted by molar-refractivity contribution is 5.79. The Morgan fingerprint density at radius 1 is 1.07 bits per heavy atom. The normalized spacial score (nSPS) is 32.9. The Bertz CT molecular complexity index is 522. The van der Waals surface area contributed by atoms with E-state index >= 15 is 0 Å². The highest BCUT2D eigenvalue weighted by atomic mass is 16.5.